The van der Waals surface area contributed by atoms with Gasteiger partial charge in [0.2, 0.25) is 16.0 Å². The van der Waals surface area contributed by atoms with Gasteiger partial charge >= 0.3 is 0 Å². The van der Waals surface area contributed by atoms with E-state index in [9.17, 15) is 12.8 Å². The van der Waals surface area contributed by atoms with E-state index in [1.54, 1.807) is 37.3 Å². The Labute approximate surface area is 202 Å². The fourth-order valence-electron chi connectivity index (χ4n) is 3.37. The summed E-state index contributed by atoms with van der Waals surface area (Å²) in [6.45, 7) is 1.69. The first kappa shape index (κ1) is 23.8. The van der Waals surface area contributed by atoms with Crippen molar-refractivity contribution in [3.8, 4) is 17.2 Å². The van der Waals surface area contributed by atoms with E-state index in [0.29, 0.717) is 22.5 Å². The minimum absolute atomic E-state index is 0.0466. The number of anilines is 4. The number of hydrogen-bond acceptors (Lipinski definition) is 7. The highest BCUT2D eigenvalue weighted by Gasteiger charge is 2.16. The van der Waals surface area contributed by atoms with Crippen molar-refractivity contribution in [2.45, 2.75) is 11.8 Å². The van der Waals surface area contributed by atoms with Gasteiger partial charge in [0.05, 0.1) is 22.7 Å². The van der Waals surface area contributed by atoms with Crippen LogP contribution < -0.4 is 15.4 Å². The number of aryl methyl sites for hydroxylation is 1. The van der Waals surface area contributed by atoms with Crippen molar-refractivity contribution in [1.82, 2.24) is 14.7 Å². The molecule has 4 rings (SSSR count). The third kappa shape index (κ3) is 5.43. The van der Waals surface area contributed by atoms with Gasteiger partial charge in [-0.3, -0.25) is 0 Å². The molecule has 3 aromatic carbocycles. The van der Waals surface area contributed by atoms with Crippen molar-refractivity contribution >= 4 is 33.2 Å². The maximum atomic E-state index is 14.5. The van der Waals surface area contributed by atoms with E-state index in [2.05, 4.69) is 31.4 Å². The van der Waals surface area contributed by atoms with E-state index in [0.717, 1.165) is 17.3 Å². The molecule has 0 unspecified atom stereocenters. The Balaban J connectivity index is 1.58. The van der Waals surface area contributed by atoms with Crippen LogP contribution in [0.2, 0.25) is 0 Å². The quantitative estimate of drug-likeness (QED) is 0.340. The van der Waals surface area contributed by atoms with E-state index in [4.69, 9.17) is 5.26 Å². The molecule has 10 heteroatoms. The molecule has 3 N–H and O–H groups in total. The molecule has 0 aliphatic carbocycles. The lowest BCUT2D eigenvalue weighted by Gasteiger charge is -2.12. The summed E-state index contributed by atoms with van der Waals surface area (Å²) in [6.07, 6.45) is 1.03. The highest BCUT2D eigenvalue weighted by molar-refractivity contribution is 7.89. The van der Waals surface area contributed by atoms with Crippen LogP contribution in [0.3, 0.4) is 0 Å². The first-order chi connectivity index (χ1) is 16.8. The molecule has 0 fully saturated rings. The molecule has 0 aliphatic rings. The normalized spacial score (nSPS) is 11.0. The number of nitrogens with zero attached hydrogens (tertiary/aromatic N) is 3. The number of sulfonamides is 1. The number of halogens is 1. The van der Waals surface area contributed by atoms with E-state index in [1.807, 2.05) is 30.3 Å². The SMILES string of the molecule is CNS(=O)(=O)c1cc(Nc2ncc(F)c(Nc3cccc(-c4ccc(C#N)cc4)c3)n2)ccc1C. The first-order valence-electron chi connectivity index (χ1n) is 10.5. The van der Waals surface area contributed by atoms with Crippen molar-refractivity contribution < 1.29 is 12.8 Å². The van der Waals surface area contributed by atoms with Gasteiger partial charge in [-0.25, -0.2) is 22.5 Å². The zero-order valence-corrected chi connectivity index (χ0v) is 19.7. The molecule has 0 spiro atoms. The van der Waals surface area contributed by atoms with Gasteiger partial charge in [0.15, 0.2) is 11.6 Å². The summed E-state index contributed by atoms with van der Waals surface area (Å²) in [4.78, 5) is 8.29. The zero-order chi connectivity index (χ0) is 25.0. The van der Waals surface area contributed by atoms with Crippen LogP contribution >= 0.6 is 0 Å². The van der Waals surface area contributed by atoms with Gasteiger partial charge in [-0.05, 0) is 67.1 Å². The van der Waals surface area contributed by atoms with Gasteiger partial charge < -0.3 is 10.6 Å². The molecular formula is C25H21FN6O2S. The van der Waals surface area contributed by atoms with E-state index < -0.39 is 15.8 Å². The van der Waals surface area contributed by atoms with Crippen molar-refractivity contribution in [2.24, 2.45) is 0 Å². The van der Waals surface area contributed by atoms with Crippen LogP contribution in [-0.2, 0) is 10.0 Å². The van der Waals surface area contributed by atoms with Gasteiger partial charge in [-0.2, -0.15) is 10.2 Å². The van der Waals surface area contributed by atoms with E-state index in [-0.39, 0.29) is 16.7 Å². The molecule has 176 valence electrons. The van der Waals surface area contributed by atoms with Crippen LogP contribution in [0.4, 0.5) is 27.5 Å². The highest BCUT2D eigenvalue weighted by Crippen LogP contribution is 2.27. The van der Waals surface area contributed by atoms with Crippen molar-refractivity contribution in [3.63, 3.8) is 0 Å². The third-order valence-corrected chi connectivity index (χ3v) is 6.78. The number of nitriles is 1. The predicted octanol–water partition coefficient (Wildman–Crippen LogP) is 4.86. The molecule has 0 amide bonds. The average molecular weight is 489 g/mol. The molecule has 0 radical (unpaired) electrons. The minimum atomic E-state index is -3.65. The summed E-state index contributed by atoms with van der Waals surface area (Å²) in [5.74, 6) is -0.606. The van der Waals surface area contributed by atoms with Gasteiger partial charge in [0.1, 0.15) is 0 Å². The van der Waals surface area contributed by atoms with Gasteiger partial charge in [0, 0.05) is 11.4 Å². The van der Waals surface area contributed by atoms with Crippen LogP contribution in [0, 0.1) is 24.1 Å². The lowest BCUT2D eigenvalue weighted by Crippen LogP contribution is -2.19. The molecule has 8 nitrogen and oxygen atoms in total. The number of aromatic nitrogens is 2. The van der Waals surface area contributed by atoms with Crippen LogP contribution in [-0.4, -0.2) is 25.4 Å². The third-order valence-electron chi connectivity index (χ3n) is 5.22. The summed E-state index contributed by atoms with van der Waals surface area (Å²) in [6, 6.07) is 21.4. The summed E-state index contributed by atoms with van der Waals surface area (Å²) < 4.78 is 41.3. The van der Waals surface area contributed by atoms with Gasteiger partial charge in [-0.15, -0.1) is 0 Å². The molecule has 0 bridgehead atoms. The largest absolute Gasteiger partial charge is 0.338 e. The number of rotatable bonds is 7. The Morgan fingerprint density at radius 1 is 0.943 bits per heavy atom. The van der Waals surface area contributed by atoms with Crippen molar-refractivity contribution in [2.75, 3.05) is 17.7 Å². The minimum Gasteiger partial charge on any atom is -0.338 e. The Hall–Kier alpha value is -4.33. The Kier molecular flexibility index (Phi) is 6.73. The number of nitrogens with one attached hydrogen (secondary N) is 3. The summed E-state index contributed by atoms with van der Waals surface area (Å²) in [7, 11) is -2.31. The molecule has 0 saturated carbocycles. The van der Waals surface area contributed by atoms with Crippen LogP contribution in [0.15, 0.2) is 77.8 Å². The molecule has 0 atom stereocenters. The fourth-order valence-corrected chi connectivity index (χ4v) is 4.37. The lowest BCUT2D eigenvalue weighted by atomic mass is 10.0. The zero-order valence-electron chi connectivity index (χ0n) is 18.9. The first-order valence-corrected chi connectivity index (χ1v) is 12.0. The van der Waals surface area contributed by atoms with E-state index in [1.165, 1.54) is 13.1 Å². The molecule has 1 heterocycles. The molecule has 1 aromatic heterocycles. The molecule has 0 aliphatic heterocycles. The van der Waals surface area contributed by atoms with Crippen LogP contribution in [0.1, 0.15) is 11.1 Å². The maximum Gasteiger partial charge on any atom is 0.240 e. The average Bonchev–Trinajstić information content (AvgIpc) is 2.87. The second-order valence-electron chi connectivity index (χ2n) is 7.60. The van der Waals surface area contributed by atoms with Crippen LogP contribution in [0.5, 0.6) is 0 Å². The summed E-state index contributed by atoms with van der Waals surface area (Å²) >= 11 is 0. The number of hydrogen-bond donors (Lipinski definition) is 3. The van der Waals surface area contributed by atoms with Crippen molar-refractivity contribution in [1.29, 1.82) is 5.26 Å². The van der Waals surface area contributed by atoms with Crippen LogP contribution in [0.25, 0.3) is 11.1 Å². The molecule has 4 aromatic rings. The molecular weight excluding hydrogens is 467 g/mol. The summed E-state index contributed by atoms with van der Waals surface area (Å²) in [5.41, 5.74) is 3.97. The standard InChI is InChI=1S/C25H21FN6O2S/c1-16-6-11-21(13-23(16)35(33,34)28-2)31-25-29-15-22(26)24(32-25)30-20-5-3-4-19(12-20)18-9-7-17(14-27)8-10-18/h3-13,15,28H,1-2H3,(H2,29,30,31,32). The lowest BCUT2D eigenvalue weighted by molar-refractivity contribution is 0.587. The van der Waals surface area contributed by atoms with Gasteiger partial charge in [0.25, 0.3) is 0 Å². The predicted molar refractivity (Wildman–Crippen MR) is 133 cm³/mol. The molecule has 35 heavy (non-hydrogen) atoms. The molecule has 0 saturated heterocycles. The topological polar surface area (TPSA) is 120 Å². The Morgan fingerprint density at radius 3 is 2.40 bits per heavy atom. The Bertz CT molecular complexity index is 1530. The number of benzene rings is 3. The Morgan fingerprint density at radius 2 is 1.69 bits per heavy atom. The highest BCUT2D eigenvalue weighted by atomic mass is 32.2. The van der Waals surface area contributed by atoms with Crippen molar-refractivity contribution in [3.05, 3.63) is 89.9 Å². The fraction of sp³-hybridized carbons (Fsp3) is 0.0800. The second-order valence-corrected chi connectivity index (χ2v) is 9.45. The maximum absolute atomic E-state index is 14.5. The van der Waals surface area contributed by atoms with Gasteiger partial charge in [-0.1, -0.05) is 30.3 Å². The summed E-state index contributed by atoms with van der Waals surface area (Å²) in [5, 5.41) is 14.9. The monoisotopic (exact) mass is 488 g/mol. The smallest absolute Gasteiger partial charge is 0.240 e. The second kappa shape index (κ2) is 9.89. The van der Waals surface area contributed by atoms with E-state index >= 15 is 0 Å².